The molecular weight excluding hydrogens is 264 g/mol. The molecule has 0 fully saturated rings. The van der Waals surface area contributed by atoms with E-state index in [9.17, 15) is 9.59 Å². The first kappa shape index (κ1) is 11.7. The summed E-state index contributed by atoms with van der Waals surface area (Å²) in [4.78, 5) is 21.0. The summed E-state index contributed by atoms with van der Waals surface area (Å²) < 4.78 is 0.470. The number of carbonyl (C=O) groups is 2. The standard InChI is InChI=1S/C10H9BrO4/c11-8-5-6(2-4-9(12)13)1-3-7(8)10(14)15/h1,3,5H,2,4H2,(H,12,13)(H,14,15). The lowest BCUT2D eigenvalue weighted by atomic mass is 10.1. The molecule has 0 bridgehead atoms. The highest BCUT2D eigenvalue weighted by Gasteiger charge is 2.08. The first-order chi connectivity index (χ1) is 7.00. The van der Waals surface area contributed by atoms with Crippen LogP contribution in [-0.2, 0) is 11.2 Å². The Morgan fingerprint density at radius 2 is 1.93 bits per heavy atom. The minimum atomic E-state index is -1.01. The Hall–Kier alpha value is -1.36. The molecule has 0 aliphatic rings. The summed E-state index contributed by atoms with van der Waals surface area (Å²) >= 11 is 3.13. The van der Waals surface area contributed by atoms with Gasteiger partial charge in [0, 0.05) is 10.9 Å². The topological polar surface area (TPSA) is 74.6 Å². The zero-order chi connectivity index (χ0) is 11.4. The van der Waals surface area contributed by atoms with Gasteiger partial charge in [0.25, 0.3) is 0 Å². The summed E-state index contributed by atoms with van der Waals surface area (Å²) in [5.41, 5.74) is 0.975. The predicted molar refractivity (Wildman–Crippen MR) is 57.1 cm³/mol. The highest BCUT2D eigenvalue weighted by molar-refractivity contribution is 9.10. The first-order valence-corrected chi connectivity index (χ1v) is 5.03. The fourth-order valence-corrected chi connectivity index (χ4v) is 1.73. The smallest absolute Gasteiger partial charge is 0.336 e. The molecule has 0 amide bonds. The number of hydrogen-bond donors (Lipinski definition) is 2. The Morgan fingerprint density at radius 1 is 1.27 bits per heavy atom. The molecule has 1 rings (SSSR count). The van der Waals surface area contributed by atoms with Crippen molar-refractivity contribution in [3.63, 3.8) is 0 Å². The van der Waals surface area contributed by atoms with Crippen molar-refractivity contribution in [3.05, 3.63) is 33.8 Å². The molecule has 0 radical (unpaired) electrons. The fourth-order valence-electron chi connectivity index (χ4n) is 1.14. The molecule has 0 saturated carbocycles. The Balaban J connectivity index is 2.82. The van der Waals surface area contributed by atoms with Crippen LogP contribution in [0.25, 0.3) is 0 Å². The number of carboxylic acid groups (broad SMARTS) is 2. The van der Waals surface area contributed by atoms with E-state index >= 15 is 0 Å². The summed E-state index contributed by atoms with van der Waals surface area (Å²) in [5.74, 6) is -1.87. The van der Waals surface area contributed by atoms with E-state index in [2.05, 4.69) is 15.9 Å². The van der Waals surface area contributed by atoms with Crippen LogP contribution in [0.4, 0.5) is 0 Å². The second-order valence-corrected chi connectivity index (χ2v) is 3.87. The number of halogens is 1. The van der Waals surface area contributed by atoms with E-state index < -0.39 is 11.9 Å². The van der Waals surface area contributed by atoms with Crippen molar-refractivity contribution in [2.45, 2.75) is 12.8 Å². The maximum atomic E-state index is 10.7. The molecule has 0 aromatic heterocycles. The second kappa shape index (κ2) is 4.93. The molecule has 1 aromatic rings. The average Bonchev–Trinajstić information content (AvgIpc) is 2.14. The van der Waals surface area contributed by atoms with Gasteiger partial charge in [-0.3, -0.25) is 4.79 Å². The molecule has 0 spiro atoms. The van der Waals surface area contributed by atoms with Crippen molar-refractivity contribution in [2.24, 2.45) is 0 Å². The zero-order valence-corrected chi connectivity index (χ0v) is 9.32. The summed E-state index contributed by atoms with van der Waals surface area (Å²) in [6.45, 7) is 0. The van der Waals surface area contributed by atoms with E-state index in [0.29, 0.717) is 10.9 Å². The highest BCUT2D eigenvalue weighted by Crippen LogP contribution is 2.19. The predicted octanol–water partition coefficient (Wildman–Crippen LogP) is 2.16. The monoisotopic (exact) mass is 272 g/mol. The van der Waals surface area contributed by atoms with Crippen molar-refractivity contribution in [1.82, 2.24) is 0 Å². The van der Waals surface area contributed by atoms with Gasteiger partial charge in [-0.25, -0.2) is 4.79 Å². The number of rotatable bonds is 4. The minimum absolute atomic E-state index is 0.0405. The van der Waals surface area contributed by atoms with E-state index in [1.807, 2.05) is 0 Å². The largest absolute Gasteiger partial charge is 0.481 e. The van der Waals surface area contributed by atoms with E-state index in [0.717, 1.165) is 5.56 Å². The van der Waals surface area contributed by atoms with Gasteiger partial charge >= 0.3 is 11.9 Å². The quantitative estimate of drug-likeness (QED) is 0.881. The van der Waals surface area contributed by atoms with Gasteiger partial charge in [-0.05, 0) is 40.0 Å². The fraction of sp³-hybridized carbons (Fsp3) is 0.200. The van der Waals surface area contributed by atoms with Gasteiger partial charge in [-0.1, -0.05) is 6.07 Å². The Kier molecular flexibility index (Phi) is 3.85. The van der Waals surface area contributed by atoms with E-state index in [1.54, 1.807) is 12.1 Å². The van der Waals surface area contributed by atoms with Crippen LogP contribution in [0.1, 0.15) is 22.3 Å². The van der Waals surface area contributed by atoms with Crippen molar-refractivity contribution in [2.75, 3.05) is 0 Å². The maximum Gasteiger partial charge on any atom is 0.336 e. The van der Waals surface area contributed by atoms with Gasteiger partial charge in [0.05, 0.1) is 5.56 Å². The van der Waals surface area contributed by atoms with Crippen LogP contribution in [0.5, 0.6) is 0 Å². The van der Waals surface area contributed by atoms with Crippen LogP contribution in [0.15, 0.2) is 22.7 Å². The molecule has 5 heteroatoms. The maximum absolute atomic E-state index is 10.7. The lowest BCUT2D eigenvalue weighted by molar-refractivity contribution is -0.136. The number of aliphatic carboxylic acids is 1. The molecule has 0 atom stereocenters. The zero-order valence-electron chi connectivity index (χ0n) is 7.74. The third-order valence-electron chi connectivity index (χ3n) is 1.89. The van der Waals surface area contributed by atoms with Crippen molar-refractivity contribution in [3.8, 4) is 0 Å². The average molecular weight is 273 g/mol. The van der Waals surface area contributed by atoms with Gasteiger partial charge in [0.1, 0.15) is 0 Å². The normalized spacial score (nSPS) is 9.93. The summed E-state index contributed by atoms with van der Waals surface area (Å²) in [6, 6.07) is 4.72. The third-order valence-corrected chi connectivity index (χ3v) is 2.55. The van der Waals surface area contributed by atoms with Crippen LogP contribution in [0, 0.1) is 0 Å². The molecule has 15 heavy (non-hydrogen) atoms. The second-order valence-electron chi connectivity index (χ2n) is 3.01. The number of carboxylic acids is 2. The van der Waals surface area contributed by atoms with Crippen molar-refractivity contribution < 1.29 is 19.8 Å². The van der Waals surface area contributed by atoms with Crippen LogP contribution in [0.2, 0.25) is 0 Å². The highest BCUT2D eigenvalue weighted by atomic mass is 79.9. The SMILES string of the molecule is O=C(O)CCc1ccc(C(=O)O)c(Br)c1. The number of benzene rings is 1. The Bertz CT molecular complexity index is 400. The summed E-state index contributed by atoms with van der Waals surface area (Å²) in [6.07, 6.45) is 0.437. The summed E-state index contributed by atoms with van der Waals surface area (Å²) in [5, 5.41) is 17.2. The van der Waals surface area contributed by atoms with E-state index in [1.165, 1.54) is 6.07 Å². The van der Waals surface area contributed by atoms with Gasteiger partial charge in [-0.15, -0.1) is 0 Å². The van der Waals surface area contributed by atoms with Crippen LogP contribution in [-0.4, -0.2) is 22.2 Å². The lowest BCUT2D eigenvalue weighted by Crippen LogP contribution is -2.00. The molecule has 0 unspecified atom stereocenters. The molecule has 2 N–H and O–H groups in total. The molecular formula is C10H9BrO4. The van der Waals surface area contributed by atoms with Crippen LogP contribution >= 0.6 is 15.9 Å². The minimum Gasteiger partial charge on any atom is -0.481 e. The summed E-state index contributed by atoms with van der Waals surface area (Å²) in [7, 11) is 0. The molecule has 0 aliphatic carbocycles. The molecule has 0 saturated heterocycles. The van der Waals surface area contributed by atoms with Crippen LogP contribution in [0.3, 0.4) is 0 Å². The molecule has 0 heterocycles. The lowest BCUT2D eigenvalue weighted by Gasteiger charge is -2.02. The van der Waals surface area contributed by atoms with E-state index in [4.69, 9.17) is 10.2 Å². The van der Waals surface area contributed by atoms with Gasteiger partial charge < -0.3 is 10.2 Å². The molecule has 0 aliphatic heterocycles. The number of aromatic carboxylic acids is 1. The van der Waals surface area contributed by atoms with Gasteiger partial charge in [0.2, 0.25) is 0 Å². The van der Waals surface area contributed by atoms with Crippen LogP contribution < -0.4 is 0 Å². The molecule has 80 valence electrons. The van der Waals surface area contributed by atoms with Gasteiger partial charge in [-0.2, -0.15) is 0 Å². The van der Waals surface area contributed by atoms with Crippen molar-refractivity contribution >= 4 is 27.9 Å². The first-order valence-electron chi connectivity index (χ1n) is 4.24. The van der Waals surface area contributed by atoms with Gasteiger partial charge in [0.15, 0.2) is 0 Å². The number of hydrogen-bond acceptors (Lipinski definition) is 2. The molecule has 4 nitrogen and oxygen atoms in total. The molecule has 1 aromatic carbocycles. The number of aryl methyl sites for hydroxylation is 1. The van der Waals surface area contributed by atoms with E-state index in [-0.39, 0.29) is 12.0 Å². The third kappa shape index (κ3) is 3.36. The Morgan fingerprint density at radius 3 is 2.40 bits per heavy atom. The van der Waals surface area contributed by atoms with Crippen molar-refractivity contribution in [1.29, 1.82) is 0 Å². The Labute approximate surface area is 94.7 Å².